The first kappa shape index (κ1) is 24.5. The highest BCUT2D eigenvalue weighted by Gasteiger charge is 2.31. The normalized spacial score (nSPS) is 17.4. The molecule has 1 aromatic heterocycles. The van der Waals surface area contributed by atoms with E-state index in [1.54, 1.807) is 16.7 Å². The quantitative estimate of drug-likeness (QED) is 0.314. The summed E-state index contributed by atoms with van der Waals surface area (Å²) >= 11 is 0. The molecule has 0 radical (unpaired) electrons. The second-order valence-electron chi connectivity index (χ2n) is 8.66. The van der Waals surface area contributed by atoms with Crippen molar-refractivity contribution in [2.45, 2.75) is 31.9 Å². The summed E-state index contributed by atoms with van der Waals surface area (Å²) in [6.07, 6.45) is -0.112. The van der Waals surface area contributed by atoms with Gasteiger partial charge in [-0.15, -0.1) is 13.2 Å². The average Bonchev–Trinajstić information content (AvgIpc) is 3.32. The van der Waals surface area contributed by atoms with Crippen molar-refractivity contribution >= 4 is 17.1 Å². The van der Waals surface area contributed by atoms with Gasteiger partial charge >= 0.3 is 18.2 Å². The van der Waals surface area contributed by atoms with Crippen molar-refractivity contribution in [3.63, 3.8) is 0 Å². The van der Waals surface area contributed by atoms with Crippen molar-refractivity contribution in [3.05, 3.63) is 76.5 Å². The van der Waals surface area contributed by atoms with E-state index in [-0.39, 0.29) is 23.7 Å². The fourth-order valence-corrected chi connectivity index (χ4v) is 4.32. The Labute approximate surface area is 209 Å². The lowest BCUT2D eigenvalue weighted by Crippen LogP contribution is -2.31. The molecule has 1 unspecified atom stereocenters. The molecule has 0 saturated carbocycles. The second kappa shape index (κ2) is 10.0. The van der Waals surface area contributed by atoms with Crippen LogP contribution in [0.1, 0.15) is 18.4 Å². The standard InChI is InChI=1S/C25H23F3N4O5/c26-25(27,28)37-21-5-1-17(2-6-21)18-9-12-30(13-10-18)19-3-7-20(8-4-19)35-16-22-11-14-31-15-23(32(33)34)29-24(31)36-22/h1-9,15,22H,10-14,16H2. The number of aromatic nitrogens is 2. The summed E-state index contributed by atoms with van der Waals surface area (Å²) in [6, 6.07) is 13.8. The Balaban J connectivity index is 1.12. The van der Waals surface area contributed by atoms with Gasteiger partial charge in [0.1, 0.15) is 30.4 Å². The lowest BCUT2D eigenvalue weighted by molar-refractivity contribution is -0.389. The summed E-state index contributed by atoms with van der Waals surface area (Å²) in [4.78, 5) is 16.4. The Kier molecular flexibility index (Phi) is 6.64. The van der Waals surface area contributed by atoms with Gasteiger partial charge in [0.05, 0.1) is 0 Å². The summed E-state index contributed by atoms with van der Waals surface area (Å²) in [5.41, 5.74) is 2.98. The van der Waals surface area contributed by atoms with E-state index >= 15 is 0 Å². The molecule has 12 heteroatoms. The van der Waals surface area contributed by atoms with Gasteiger partial charge in [0, 0.05) is 36.7 Å². The van der Waals surface area contributed by atoms with Crippen LogP contribution in [0.4, 0.5) is 24.7 Å². The lowest BCUT2D eigenvalue weighted by atomic mass is 9.99. The monoisotopic (exact) mass is 516 g/mol. The Morgan fingerprint density at radius 3 is 2.46 bits per heavy atom. The number of anilines is 1. The predicted octanol–water partition coefficient (Wildman–Crippen LogP) is 5.21. The van der Waals surface area contributed by atoms with Gasteiger partial charge < -0.3 is 29.2 Å². The van der Waals surface area contributed by atoms with Gasteiger partial charge in [0.15, 0.2) is 0 Å². The molecule has 0 aliphatic carbocycles. The maximum Gasteiger partial charge on any atom is 0.573 e. The molecule has 1 atom stereocenters. The Morgan fingerprint density at radius 1 is 1.08 bits per heavy atom. The van der Waals surface area contributed by atoms with Gasteiger partial charge in [0.25, 0.3) is 0 Å². The molecular formula is C25H23F3N4O5. The first-order valence-electron chi connectivity index (χ1n) is 11.6. The van der Waals surface area contributed by atoms with Crippen molar-refractivity contribution in [1.29, 1.82) is 0 Å². The summed E-state index contributed by atoms with van der Waals surface area (Å²) in [6.45, 7) is 2.30. The van der Waals surface area contributed by atoms with Crippen molar-refractivity contribution in [3.8, 4) is 17.5 Å². The molecule has 0 bridgehead atoms. The summed E-state index contributed by atoms with van der Waals surface area (Å²) in [7, 11) is 0. The molecule has 0 N–H and O–H groups in total. The van der Waals surface area contributed by atoms with E-state index in [9.17, 15) is 23.3 Å². The van der Waals surface area contributed by atoms with Crippen LogP contribution >= 0.6 is 0 Å². The number of imidazole rings is 1. The Bertz CT molecular complexity index is 1290. The highest BCUT2D eigenvalue weighted by atomic mass is 19.4. The molecule has 3 heterocycles. The molecule has 2 aliphatic rings. The SMILES string of the molecule is O=[N+]([O-])c1cn2c(n1)OC(COc1ccc(N3CC=C(c4ccc(OC(F)(F)F)cc4)CC3)cc1)CC2. The largest absolute Gasteiger partial charge is 0.573 e. The molecule has 2 aliphatic heterocycles. The molecule has 0 spiro atoms. The maximum absolute atomic E-state index is 12.4. The van der Waals surface area contributed by atoms with Gasteiger partial charge in [-0.2, -0.15) is 0 Å². The smallest absolute Gasteiger partial charge is 0.490 e. The summed E-state index contributed by atoms with van der Waals surface area (Å²) in [5, 5.41) is 10.9. The highest BCUT2D eigenvalue weighted by molar-refractivity contribution is 5.69. The van der Waals surface area contributed by atoms with Crippen LogP contribution in [-0.2, 0) is 6.54 Å². The van der Waals surface area contributed by atoms with Crippen LogP contribution in [0, 0.1) is 10.1 Å². The third-order valence-corrected chi connectivity index (χ3v) is 6.18. The zero-order chi connectivity index (χ0) is 26.0. The highest BCUT2D eigenvalue weighted by Crippen LogP contribution is 2.30. The van der Waals surface area contributed by atoms with E-state index in [4.69, 9.17) is 9.47 Å². The number of rotatable bonds is 7. The average molecular weight is 516 g/mol. The van der Waals surface area contributed by atoms with Crippen LogP contribution in [-0.4, -0.2) is 46.6 Å². The van der Waals surface area contributed by atoms with Crippen LogP contribution < -0.4 is 19.1 Å². The second-order valence-corrected chi connectivity index (χ2v) is 8.66. The number of halogens is 3. The molecule has 5 rings (SSSR count). The Hall–Kier alpha value is -4.22. The number of ether oxygens (including phenoxy) is 3. The maximum atomic E-state index is 12.4. The van der Waals surface area contributed by atoms with Crippen LogP contribution in [0.15, 0.2) is 60.8 Å². The number of aryl methyl sites for hydroxylation is 1. The molecule has 194 valence electrons. The number of hydrogen-bond acceptors (Lipinski definition) is 7. The number of nitrogens with zero attached hydrogens (tertiary/aromatic N) is 4. The zero-order valence-electron chi connectivity index (χ0n) is 19.6. The molecule has 3 aromatic rings. The predicted molar refractivity (Wildman–Crippen MR) is 128 cm³/mol. The van der Waals surface area contributed by atoms with Gasteiger partial charge in [-0.3, -0.25) is 4.57 Å². The van der Waals surface area contributed by atoms with Crippen molar-refractivity contribution < 1.29 is 32.3 Å². The summed E-state index contributed by atoms with van der Waals surface area (Å²) in [5.74, 6) is 0.212. The van der Waals surface area contributed by atoms with Gasteiger partial charge in [-0.25, -0.2) is 0 Å². The van der Waals surface area contributed by atoms with Crippen LogP contribution in [0.5, 0.6) is 17.5 Å². The molecule has 9 nitrogen and oxygen atoms in total. The van der Waals surface area contributed by atoms with E-state index in [2.05, 4.69) is 20.7 Å². The fourth-order valence-electron chi connectivity index (χ4n) is 4.32. The third-order valence-electron chi connectivity index (χ3n) is 6.18. The van der Waals surface area contributed by atoms with E-state index in [0.29, 0.717) is 31.9 Å². The molecule has 37 heavy (non-hydrogen) atoms. The number of alkyl halides is 3. The van der Waals surface area contributed by atoms with Crippen LogP contribution in [0.3, 0.4) is 0 Å². The van der Waals surface area contributed by atoms with E-state index in [1.807, 2.05) is 24.3 Å². The molecule has 2 aromatic carbocycles. The van der Waals surface area contributed by atoms with Crippen molar-refractivity contribution in [2.24, 2.45) is 0 Å². The number of nitro groups is 1. The third kappa shape index (κ3) is 5.96. The minimum atomic E-state index is -4.70. The van der Waals surface area contributed by atoms with Crippen molar-refractivity contribution in [2.75, 3.05) is 24.6 Å². The minimum absolute atomic E-state index is 0.227. The van der Waals surface area contributed by atoms with E-state index in [1.165, 1.54) is 18.3 Å². The first-order valence-corrected chi connectivity index (χ1v) is 11.6. The minimum Gasteiger partial charge on any atom is -0.490 e. The molecule has 0 amide bonds. The first-order chi connectivity index (χ1) is 17.7. The van der Waals surface area contributed by atoms with E-state index in [0.717, 1.165) is 29.8 Å². The van der Waals surface area contributed by atoms with Crippen LogP contribution in [0.25, 0.3) is 5.57 Å². The zero-order valence-corrected chi connectivity index (χ0v) is 19.6. The van der Waals surface area contributed by atoms with E-state index < -0.39 is 11.3 Å². The van der Waals surface area contributed by atoms with Gasteiger partial charge in [-0.1, -0.05) is 18.2 Å². The molecule has 0 saturated heterocycles. The number of hydrogen-bond donors (Lipinski definition) is 0. The van der Waals surface area contributed by atoms with Gasteiger partial charge in [-0.05, 0) is 58.9 Å². The number of fused-ring (bicyclic) bond motifs is 1. The topological polar surface area (TPSA) is 91.9 Å². The van der Waals surface area contributed by atoms with Crippen molar-refractivity contribution in [1.82, 2.24) is 9.55 Å². The molecule has 0 fully saturated rings. The summed E-state index contributed by atoms with van der Waals surface area (Å²) < 4.78 is 54.2. The Morgan fingerprint density at radius 2 is 1.81 bits per heavy atom. The number of benzene rings is 2. The van der Waals surface area contributed by atoms with Crippen LogP contribution in [0.2, 0.25) is 0 Å². The van der Waals surface area contributed by atoms with Gasteiger partial charge in [0.2, 0.25) is 0 Å². The lowest BCUT2D eigenvalue weighted by Gasteiger charge is -2.29. The molecular weight excluding hydrogens is 493 g/mol. The fraction of sp³-hybridized carbons (Fsp3) is 0.320.